The Balaban J connectivity index is 2.03. The molecule has 0 unspecified atom stereocenters. The molecule has 28 heavy (non-hydrogen) atoms. The maximum Gasteiger partial charge on any atom is 0.354 e. The van der Waals surface area contributed by atoms with Crippen molar-refractivity contribution in [2.24, 2.45) is 0 Å². The average Bonchev–Trinajstić information content (AvgIpc) is 3.21. The summed E-state index contributed by atoms with van der Waals surface area (Å²) in [7, 11) is 1.54. The third-order valence-corrected chi connectivity index (χ3v) is 4.34. The van der Waals surface area contributed by atoms with E-state index in [0.717, 1.165) is 0 Å². The first-order valence-electron chi connectivity index (χ1n) is 8.75. The first kappa shape index (κ1) is 19.2. The smallest absolute Gasteiger partial charge is 0.354 e. The molecule has 3 N–H and O–H groups in total. The lowest BCUT2D eigenvalue weighted by molar-refractivity contribution is -0.137. The van der Waals surface area contributed by atoms with Crippen molar-refractivity contribution in [3.05, 3.63) is 46.8 Å². The molecule has 1 aliphatic heterocycles. The zero-order valence-corrected chi connectivity index (χ0v) is 15.5. The van der Waals surface area contributed by atoms with Crippen LogP contribution >= 0.6 is 0 Å². The van der Waals surface area contributed by atoms with Crippen molar-refractivity contribution in [3.8, 4) is 5.75 Å². The molecule has 1 aromatic heterocycles. The van der Waals surface area contributed by atoms with Gasteiger partial charge in [0.15, 0.2) is 0 Å². The van der Waals surface area contributed by atoms with Crippen LogP contribution in [0.25, 0.3) is 11.6 Å². The Labute approximate surface area is 161 Å². The van der Waals surface area contributed by atoms with E-state index in [0.29, 0.717) is 33.8 Å². The second kappa shape index (κ2) is 7.99. The summed E-state index contributed by atoms with van der Waals surface area (Å²) in [5.41, 5.74) is 3.02. The number of rotatable bonds is 7. The number of fused-ring (bicyclic) bond motifs is 1. The Kier molecular flexibility index (Phi) is 5.49. The summed E-state index contributed by atoms with van der Waals surface area (Å²) in [6.45, 7) is 1.91. The number of anilines is 1. The van der Waals surface area contributed by atoms with Gasteiger partial charge in [-0.3, -0.25) is 9.59 Å². The number of carbonyl (C=O) groups is 3. The molecule has 8 heteroatoms. The van der Waals surface area contributed by atoms with E-state index >= 15 is 0 Å². The number of methoxy groups -OCH3 is 1. The van der Waals surface area contributed by atoms with Crippen molar-refractivity contribution in [1.82, 2.24) is 4.98 Å². The Bertz CT molecular complexity index is 973. The van der Waals surface area contributed by atoms with Crippen LogP contribution in [-0.4, -0.2) is 41.7 Å². The van der Waals surface area contributed by atoms with Crippen LogP contribution in [0.5, 0.6) is 5.75 Å². The van der Waals surface area contributed by atoms with Crippen LogP contribution in [0.1, 0.15) is 40.7 Å². The van der Waals surface area contributed by atoms with Gasteiger partial charge in [-0.05, 0) is 49.2 Å². The number of hydrogen-bond donors (Lipinski definition) is 3. The zero-order valence-electron chi connectivity index (χ0n) is 15.5. The molecule has 1 aromatic carbocycles. The van der Waals surface area contributed by atoms with Gasteiger partial charge in [0.05, 0.1) is 19.3 Å². The molecule has 0 fully saturated rings. The highest BCUT2D eigenvalue weighted by Gasteiger charge is 2.25. The summed E-state index contributed by atoms with van der Waals surface area (Å²) in [6, 6.07) is 6.79. The molecule has 2 heterocycles. The predicted molar refractivity (Wildman–Crippen MR) is 102 cm³/mol. The largest absolute Gasteiger partial charge is 0.497 e. The summed E-state index contributed by atoms with van der Waals surface area (Å²) in [5, 5.41) is 11.8. The number of aryl methyl sites for hydroxylation is 1. The van der Waals surface area contributed by atoms with E-state index in [1.807, 2.05) is 0 Å². The predicted octanol–water partition coefficient (Wildman–Crippen LogP) is 2.71. The van der Waals surface area contributed by atoms with Gasteiger partial charge in [0.25, 0.3) is 5.91 Å². The van der Waals surface area contributed by atoms with Crippen molar-refractivity contribution >= 4 is 35.2 Å². The molecular weight excluding hydrogens is 364 g/mol. The second-order valence-corrected chi connectivity index (χ2v) is 6.16. The van der Waals surface area contributed by atoms with Gasteiger partial charge < -0.3 is 24.9 Å². The van der Waals surface area contributed by atoms with Crippen LogP contribution in [0.3, 0.4) is 0 Å². The van der Waals surface area contributed by atoms with E-state index in [9.17, 15) is 14.4 Å². The maximum atomic E-state index is 12.4. The van der Waals surface area contributed by atoms with Gasteiger partial charge in [-0.25, -0.2) is 4.79 Å². The molecule has 1 amide bonds. The summed E-state index contributed by atoms with van der Waals surface area (Å²) in [6.07, 6.45) is 1.71. The molecule has 1 aliphatic rings. The fraction of sp³-hybridized carbons (Fsp3) is 0.250. The van der Waals surface area contributed by atoms with Gasteiger partial charge in [0.1, 0.15) is 11.4 Å². The SMILES string of the molecule is CCOC(=O)c1cc(CCC(=O)O)c(C=C2C(=O)Nc3ccc(OC)cc32)[nH]1. The molecule has 0 bridgehead atoms. The van der Waals surface area contributed by atoms with E-state index in [4.69, 9.17) is 14.6 Å². The third-order valence-electron chi connectivity index (χ3n) is 4.34. The minimum Gasteiger partial charge on any atom is -0.497 e. The number of benzene rings is 1. The summed E-state index contributed by atoms with van der Waals surface area (Å²) < 4.78 is 10.2. The van der Waals surface area contributed by atoms with Gasteiger partial charge in [-0.15, -0.1) is 0 Å². The minimum absolute atomic E-state index is 0.104. The number of aromatic amines is 1. The quantitative estimate of drug-likeness (QED) is 0.499. The van der Waals surface area contributed by atoms with Crippen molar-refractivity contribution in [2.45, 2.75) is 19.8 Å². The standard InChI is InChI=1S/C20H20N2O6/c1-3-28-20(26)17-8-11(4-7-18(23)24)16(21-17)10-14-13-9-12(27-2)5-6-15(13)22-19(14)25/h5-6,8-10,21H,3-4,7H2,1-2H3,(H,22,25)(H,23,24). The van der Waals surface area contributed by atoms with Crippen LogP contribution in [0.2, 0.25) is 0 Å². The van der Waals surface area contributed by atoms with Crippen LogP contribution in [0.15, 0.2) is 24.3 Å². The number of nitrogens with one attached hydrogen (secondary N) is 2. The van der Waals surface area contributed by atoms with Crippen LogP contribution in [-0.2, 0) is 20.7 Å². The van der Waals surface area contributed by atoms with Gasteiger partial charge >= 0.3 is 11.9 Å². The number of carboxylic acid groups (broad SMARTS) is 1. The normalized spacial score (nSPS) is 13.9. The highest BCUT2D eigenvalue weighted by atomic mass is 16.5. The van der Waals surface area contributed by atoms with Crippen LogP contribution in [0, 0.1) is 0 Å². The average molecular weight is 384 g/mol. The van der Waals surface area contributed by atoms with Crippen molar-refractivity contribution in [1.29, 1.82) is 0 Å². The molecule has 0 saturated carbocycles. The van der Waals surface area contributed by atoms with Crippen molar-refractivity contribution < 1.29 is 29.0 Å². The lowest BCUT2D eigenvalue weighted by Crippen LogP contribution is -2.05. The number of carboxylic acids is 1. The minimum atomic E-state index is -0.953. The fourth-order valence-corrected chi connectivity index (χ4v) is 2.99. The fourth-order valence-electron chi connectivity index (χ4n) is 2.99. The molecule has 2 aromatic rings. The Morgan fingerprint density at radius 1 is 1.25 bits per heavy atom. The molecule has 0 aliphatic carbocycles. The van der Waals surface area contributed by atoms with Crippen LogP contribution < -0.4 is 10.1 Å². The van der Waals surface area contributed by atoms with E-state index in [2.05, 4.69) is 10.3 Å². The second-order valence-electron chi connectivity index (χ2n) is 6.16. The van der Waals surface area contributed by atoms with E-state index in [1.165, 1.54) is 7.11 Å². The summed E-state index contributed by atoms with van der Waals surface area (Å²) >= 11 is 0. The number of H-pyrrole nitrogens is 1. The van der Waals surface area contributed by atoms with Crippen molar-refractivity contribution in [3.63, 3.8) is 0 Å². The number of aromatic nitrogens is 1. The number of ether oxygens (including phenoxy) is 2. The Morgan fingerprint density at radius 3 is 2.71 bits per heavy atom. The van der Waals surface area contributed by atoms with E-state index < -0.39 is 11.9 Å². The molecule has 0 atom stereocenters. The monoisotopic (exact) mass is 384 g/mol. The number of carbonyl (C=O) groups excluding carboxylic acids is 2. The van der Waals surface area contributed by atoms with E-state index in [-0.39, 0.29) is 31.0 Å². The number of aliphatic carboxylic acids is 1. The molecular formula is C20H20N2O6. The topological polar surface area (TPSA) is 118 Å². The highest BCUT2D eigenvalue weighted by Crippen LogP contribution is 2.36. The molecule has 8 nitrogen and oxygen atoms in total. The van der Waals surface area contributed by atoms with Gasteiger partial charge in [0, 0.05) is 23.4 Å². The Hall–Kier alpha value is -3.55. The molecule has 0 spiro atoms. The maximum absolute atomic E-state index is 12.4. The van der Waals surface area contributed by atoms with Gasteiger partial charge in [-0.2, -0.15) is 0 Å². The Morgan fingerprint density at radius 2 is 2.04 bits per heavy atom. The number of hydrogen-bond acceptors (Lipinski definition) is 5. The van der Waals surface area contributed by atoms with E-state index in [1.54, 1.807) is 37.3 Å². The molecule has 0 saturated heterocycles. The number of amides is 1. The lowest BCUT2D eigenvalue weighted by Gasteiger charge is -2.03. The van der Waals surface area contributed by atoms with Gasteiger partial charge in [-0.1, -0.05) is 0 Å². The van der Waals surface area contributed by atoms with Crippen molar-refractivity contribution in [2.75, 3.05) is 19.0 Å². The highest BCUT2D eigenvalue weighted by molar-refractivity contribution is 6.35. The summed E-state index contributed by atoms with van der Waals surface area (Å²) in [5.74, 6) is -1.18. The molecule has 0 radical (unpaired) electrons. The van der Waals surface area contributed by atoms with Crippen LogP contribution in [0.4, 0.5) is 5.69 Å². The zero-order chi connectivity index (χ0) is 20.3. The third kappa shape index (κ3) is 3.90. The lowest BCUT2D eigenvalue weighted by atomic mass is 10.0. The van der Waals surface area contributed by atoms with Gasteiger partial charge in [0.2, 0.25) is 0 Å². The first-order valence-corrected chi connectivity index (χ1v) is 8.75. The first-order chi connectivity index (χ1) is 13.4. The number of esters is 1. The molecule has 3 rings (SSSR count). The summed E-state index contributed by atoms with van der Waals surface area (Å²) in [4.78, 5) is 38.4. The molecule has 146 valence electrons.